The summed E-state index contributed by atoms with van der Waals surface area (Å²) in [6.07, 6.45) is 3.39. The minimum atomic E-state index is 0.0139. The second-order valence-electron chi connectivity index (χ2n) is 5.87. The normalized spacial score (nSPS) is 13.6. The van der Waals surface area contributed by atoms with E-state index in [1.165, 1.54) is 5.56 Å². The molecule has 0 saturated heterocycles. The number of nitrogens with zero attached hydrogens (tertiary/aromatic N) is 3. The molecule has 0 atom stereocenters. The number of hydrogen-bond donors (Lipinski definition) is 0. The molecule has 1 amide bonds. The minimum absolute atomic E-state index is 0.0139. The minimum Gasteiger partial charge on any atom is -0.332 e. The molecule has 0 bridgehead atoms. The first-order valence-electron chi connectivity index (χ1n) is 8.00. The van der Waals surface area contributed by atoms with Crippen molar-refractivity contribution in [2.45, 2.75) is 19.4 Å². The van der Waals surface area contributed by atoms with E-state index in [1.807, 2.05) is 46.8 Å². The monoisotopic (exact) mass is 335 g/mol. The average molecular weight is 335 g/mol. The largest absolute Gasteiger partial charge is 0.332 e. The van der Waals surface area contributed by atoms with Crippen LogP contribution in [0.4, 0.5) is 0 Å². The smallest absolute Gasteiger partial charge is 0.273 e. The number of carbonyl (C=O) groups excluding carboxylic acids is 1. The second kappa shape index (κ2) is 6.53. The molecule has 0 radical (unpaired) electrons. The standard InChI is InChI=1S/C19H17N3OS/c23-19(22-10-8-16-15(12-22)7-4-9-20-16)17-13-24-18(21-17)11-14-5-2-1-3-6-14/h1-7,9,13H,8,10-12H2. The van der Waals surface area contributed by atoms with Crippen molar-refractivity contribution < 1.29 is 4.79 Å². The molecule has 24 heavy (non-hydrogen) atoms. The number of rotatable bonds is 3. The molecule has 3 heterocycles. The van der Waals surface area contributed by atoms with Gasteiger partial charge in [0.05, 0.1) is 5.01 Å². The Morgan fingerprint density at radius 2 is 2.04 bits per heavy atom. The van der Waals surface area contributed by atoms with Crippen molar-refractivity contribution in [3.05, 3.63) is 81.6 Å². The summed E-state index contributed by atoms with van der Waals surface area (Å²) in [6.45, 7) is 1.32. The van der Waals surface area contributed by atoms with E-state index >= 15 is 0 Å². The van der Waals surface area contributed by atoms with Crippen LogP contribution in [0.15, 0.2) is 54.0 Å². The summed E-state index contributed by atoms with van der Waals surface area (Å²) in [5.41, 5.74) is 4.00. The van der Waals surface area contributed by atoms with Crippen LogP contribution < -0.4 is 0 Å². The molecule has 0 aliphatic carbocycles. The molecule has 2 aromatic heterocycles. The van der Waals surface area contributed by atoms with Gasteiger partial charge in [-0.25, -0.2) is 4.98 Å². The Balaban J connectivity index is 1.48. The second-order valence-corrected chi connectivity index (χ2v) is 6.82. The molecular weight excluding hydrogens is 318 g/mol. The van der Waals surface area contributed by atoms with Crippen LogP contribution in [0.5, 0.6) is 0 Å². The van der Waals surface area contributed by atoms with Crippen molar-refractivity contribution in [2.75, 3.05) is 6.54 Å². The van der Waals surface area contributed by atoms with E-state index in [0.29, 0.717) is 18.8 Å². The van der Waals surface area contributed by atoms with E-state index in [9.17, 15) is 4.79 Å². The van der Waals surface area contributed by atoms with Crippen LogP contribution in [-0.4, -0.2) is 27.3 Å². The van der Waals surface area contributed by atoms with Crippen molar-refractivity contribution in [2.24, 2.45) is 0 Å². The van der Waals surface area contributed by atoms with Gasteiger partial charge >= 0.3 is 0 Å². The zero-order chi connectivity index (χ0) is 16.4. The lowest BCUT2D eigenvalue weighted by Crippen LogP contribution is -2.36. The van der Waals surface area contributed by atoms with Crippen LogP contribution in [0, 0.1) is 0 Å². The topological polar surface area (TPSA) is 46.1 Å². The van der Waals surface area contributed by atoms with E-state index < -0.39 is 0 Å². The van der Waals surface area contributed by atoms with Gasteiger partial charge in [-0.1, -0.05) is 36.4 Å². The van der Waals surface area contributed by atoms with Crippen molar-refractivity contribution in [1.82, 2.24) is 14.9 Å². The lowest BCUT2D eigenvalue weighted by molar-refractivity contribution is 0.0728. The molecule has 0 N–H and O–H groups in total. The molecule has 0 unspecified atom stereocenters. The molecule has 1 aromatic carbocycles. The van der Waals surface area contributed by atoms with Gasteiger partial charge in [0.2, 0.25) is 0 Å². The van der Waals surface area contributed by atoms with Gasteiger partial charge in [0, 0.05) is 43.2 Å². The fourth-order valence-electron chi connectivity index (χ4n) is 2.96. The Morgan fingerprint density at radius 3 is 2.92 bits per heavy atom. The van der Waals surface area contributed by atoms with Gasteiger partial charge in [0.15, 0.2) is 0 Å². The first-order valence-corrected chi connectivity index (χ1v) is 8.88. The van der Waals surface area contributed by atoms with Crippen LogP contribution >= 0.6 is 11.3 Å². The third kappa shape index (κ3) is 3.08. The van der Waals surface area contributed by atoms with Gasteiger partial charge in [-0.05, 0) is 17.2 Å². The number of aromatic nitrogens is 2. The molecule has 4 nitrogen and oxygen atoms in total. The summed E-state index contributed by atoms with van der Waals surface area (Å²) in [5.74, 6) is 0.0139. The summed E-state index contributed by atoms with van der Waals surface area (Å²) in [7, 11) is 0. The highest BCUT2D eigenvalue weighted by atomic mass is 32.1. The Labute approximate surface area is 144 Å². The number of pyridine rings is 1. The van der Waals surface area contributed by atoms with E-state index in [2.05, 4.69) is 22.1 Å². The summed E-state index contributed by atoms with van der Waals surface area (Å²) in [6, 6.07) is 14.2. The predicted octanol–water partition coefficient (Wildman–Crippen LogP) is 3.33. The summed E-state index contributed by atoms with van der Waals surface area (Å²) in [5, 5.41) is 2.85. The third-order valence-electron chi connectivity index (χ3n) is 4.22. The highest BCUT2D eigenvalue weighted by Gasteiger charge is 2.23. The Kier molecular flexibility index (Phi) is 4.09. The molecule has 0 saturated carbocycles. The molecule has 1 aliphatic heterocycles. The molecule has 4 rings (SSSR count). The highest BCUT2D eigenvalue weighted by molar-refractivity contribution is 7.09. The maximum absolute atomic E-state index is 12.7. The molecule has 1 aliphatic rings. The predicted molar refractivity (Wildman–Crippen MR) is 94.0 cm³/mol. The lowest BCUT2D eigenvalue weighted by atomic mass is 10.1. The lowest BCUT2D eigenvalue weighted by Gasteiger charge is -2.27. The molecule has 0 spiro atoms. The van der Waals surface area contributed by atoms with Gasteiger partial charge in [-0.2, -0.15) is 0 Å². The number of benzene rings is 1. The number of thiazole rings is 1. The first-order chi connectivity index (χ1) is 11.8. The zero-order valence-corrected chi connectivity index (χ0v) is 14.0. The van der Waals surface area contributed by atoms with Crippen LogP contribution in [0.3, 0.4) is 0 Å². The van der Waals surface area contributed by atoms with Gasteiger partial charge in [-0.15, -0.1) is 11.3 Å². The molecule has 120 valence electrons. The van der Waals surface area contributed by atoms with E-state index in [1.54, 1.807) is 11.3 Å². The number of carbonyl (C=O) groups is 1. The van der Waals surface area contributed by atoms with Crippen molar-refractivity contribution in [1.29, 1.82) is 0 Å². The Bertz CT molecular complexity index is 860. The SMILES string of the molecule is O=C(c1csc(Cc2ccccc2)n1)N1CCc2ncccc2C1. The fraction of sp³-hybridized carbons (Fsp3) is 0.211. The zero-order valence-electron chi connectivity index (χ0n) is 13.2. The fourth-order valence-corrected chi connectivity index (χ4v) is 3.76. The summed E-state index contributed by atoms with van der Waals surface area (Å²) in [4.78, 5) is 23.5. The van der Waals surface area contributed by atoms with Gasteiger partial charge in [0.25, 0.3) is 5.91 Å². The van der Waals surface area contributed by atoms with E-state index in [4.69, 9.17) is 0 Å². The van der Waals surface area contributed by atoms with Crippen LogP contribution in [0.2, 0.25) is 0 Å². The van der Waals surface area contributed by atoms with Crippen LogP contribution in [-0.2, 0) is 19.4 Å². The van der Waals surface area contributed by atoms with Crippen LogP contribution in [0.25, 0.3) is 0 Å². The number of amides is 1. The quantitative estimate of drug-likeness (QED) is 0.737. The Morgan fingerprint density at radius 1 is 1.17 bits per heavy atom. The highest BCUT2D eigenvalue weighted by Crippen LogP contribution is 2.20. The van der Waals surface area contributed by atoms with Crippen molar-refractivity contribution in [3.63, 3.8) is 0 Å². The number of hydrogen-bond acceptors (Lipinski definition) is 4. The number of fused-ring (bicyclic) bond motifs is 1. The van der Waals surface area contributed by atoms with Gasteiger partial charge in [0.1, 0.15) is 5.69 Å². The maximum atomic E-state index is 12.7. The van der Waals surface area contributed by atoms with Gasteiger partial charge in [-0.3, -0.25) is 9.78 Å². The van der Waals surface area contributed by atoms with Crippen molar-refractivity contribution >= 4 is 17.2 Å². The van der Waals surface area contributed by atoms with E-state index in [-0.39, 0.29) is 5.91 Å². The molecule has 5 heteroatoms. The maximum Gasteiger partial charge on any atom is 0.273 e. The summed E-state index contributed by atoms with van der Waals surface area (Å²) < 4.78 is 0. The third-order valence-corrected chi connectivity index (χ3v) is 5.07. The summed E-state index contributed by atoms with van der Waals surface area (Å²) >= 11 is 1.55. The van der Waals surface area contributed by atoms with E-state index in [0.717, 1.165) is 29.1 Å². The van der Waals surface area contributed by atoms with Crippen LogP contribution in [0.1, 0.15) is 32.3 Å². The molecule has 0 fully saturated rings. The van der Waals surface area contributed by atoms with Gasteiger partial charge < -0.3 is 4.90 Å². The van der Waals surface area contributed by atoms with Crippen molar-refractivity contribution in [3.8, 4) is 0 Å². The Hall–Kier alpha value is -2.53. The average Bonchev–Trinajstić information content (AvgIpc) is 3.10. The first kappa shape index (κ1) is 15.0. The molecule has 3 aromatic rings. The molecular formula is C19H17N3OS.